The fourth-order valence-electron chi connectivity index (χ4n) is 4.86. The van der Waals surface area contributed by atoms with Crippen molar-refractivity contribution in [3.8, 4) is 5.75 Å². The van der Waals surface area contributed by atoms with E-state index in [1.807, 2.05) is 6.07 Å². The number of carbonyl (C=O) groups excluding carboxylic acids is 2. The van der Waals surface area contributed by atoms with E-state index in [0.717, 1.165) is 36.1 Å². The van der Waals surface area contributed by atoms with Gasteiger partial charge in [-0.1, -0.05) is 25.1 Å². The van der Waals surface area contributed by atoms with Crippen LogP contribution in [0.25, 0.3) is 0 Å². The Hall–Kier alpha value is -3.82. The van der Waals surface area contributed by atoms with Gasteiger partial charge in [0.1, 0.15) is 29.5 Å². The normalized spacial score (nSPS) is 13.6. The van der Waals surface area contributed by atoms with Crippen LogP contribution in [-0.4, -0.2) is 64.1 Å². The van der Waals surface area contributed by atoms with Gasteiger partial charge in [0.2, 0.25) is 15.9 Å². The van der Waals surface area contributed by atoms with Crippen molar-refractivity contribution in [1.82, 2.24) is 15.4 Å². The number of aryl methyl sites for hydroxylation is 1. The molecule has 1 amide bonds. The summed E-state index contributed by atoms with van der Waals surface area (Å²) in [6.45, 7) is 8.46. The predicted molar refractivity (Wildman–Crippen MR) is 172 cm³/mol. The van der Waals surface area contributed by atoms with Crippen LogP contribution in [0.15, 0.2) is 61.7 Å². The van der Waals surface area contributed by atoms with Gasteiger partial charge in [-0.05, 0) is 79.5 Å². The molecule has 0 aromatic heterocycles. The van der Waals surface area contributed by atoms with Crippen molar-refractivity contribution in [2.24, 2.45) is 0 Å². The number of halogens is 5. The molecule has 2 rings (SSSR count). The Morgan fingerprint density at radius 3 is 2.29 bits per heavy atom. The second-order valence-corrected chi connectivity index (χ2v) is 12.9. The fraction of sp³-hybridized carbons (Fsp3) is 0.455. The Balaban J connectivity index is 2.49. The number of alkyl halides is 3. The highest BCUT2D eigenvalue weighted by molar-refractivity contribution is 7.89. The van der Waals surface area contributed by atoms with Crippen LogP contribution in [0.1, 0.15) is 49.3 Å². The van der Waals surface area contributed by atoms with Gasteiger partial charge in [-0.15, -0.1) is 13.2 Å². The Bertz CT molecular complexity index is 1480. The van der Waals surface area contributed by atoms with Crippen LogP contribution in [0.5, 0.6) is 5.75 Å². The van der Waals surface area contributed by atoms with Crippen molar-refractivity contribution in [2.75, 3.05) is 19.4 Å². The lowest BCUT2D eigenvalue weighted by Crippen LogP contribution is -2.56. The summed E-state index contributed by atoms with van der Waals surface area (Å²) >= 11 is 0. The zero-order valence-corrected chi connectivity index (χ0v) is 27.7. The smallest absolute Gasteiger partial charge is 0.490 e. The molecule has 0 aliphatic rings. The maximum atomic E-state index is 14.1. The topological polar surface area (TPSA) is 123 Å². The fourth-order valence-corrected chi connectivity index (χ4v) is 6.15. The van der Waals surface area contributed by atoms with E-state index in [1.54, 1.807) is 25.1 Å². The first kappa shape index (κ1) is 40.4. The molecule has 0 fully saturated rings. The number of benzene rings is 2. The SMILES string of the molecule is C=CCCCc1ccc(OC)cc1CNC[C@@H](OC(=O)C(F)(F)F)[C@H](Cc1cc(F)cc(F)c1)NC(=O)[C@H](CC=C)NS(=O)(=O)CCC. The van der Waals surface area contributed by atoms with Crippen molar-refractivity contribution < 1.29 is 49.4 Å². The third kappa shape index (κ3) is 13.7. The molecule has 2 aromatic carbocycles. The summed E-state index contributed by atoms with van der Waals surface area (Å²) in [7, 11) is -2.47. The number of unbranched alkanes of at least 4 members (excludes halogenated alkanes) is 1. The molecule has 0 heterocycles. The number of nitrogens with one attached hydrogen (secondary N) is 3. The van der Waals surface area contributed by atoms with Gasteiger partial charge in [0, 0.05) is 19.2 Å². The quantitative estimate of drug-likeness (QED) is 0.0721. The molecule has 48 heavy (non-hydrogen) atoms. The second-order valence-electron chi connectivity index (χ2n) is 11.0. The van der Waals surface area contributed by atoms with E-state index in [9.17, 15) is 40.0 Å². The standard InChI is InChI=1S/C33H42F5N3O6S/c1-5-8-9-11-23-12-13-27(46-4)18-24(23)20-39-21-30(47-32(43)33(36,37)38)29(17-22-15-25(34)19-26(35)16-22)40-31(42)28(10-6-2)41-48(44,45)14-7-3/h5-6,12-13,15-16,18-19,28-30,39,41H,1-2,7-11,14,17,20-21H2,3-4H3,(H,40,42)/t28-,29-,30+/m0/s1. The summed E-state index contributed by atoms with van der Waals surface area (Å²) in [5.74, 6) is -5.31. The third-order valence-corrected chi connectivity index (χ3v) is 8.68. The molecule has 0 saturated heterocycles. The first-order valence-electron chi connectivity index (χ1n) is 15.2. The monoisotopic (exact) mass is 703 g/mol. The summed E-state index contributed by atoms with van der Waals surface area (Å²) < 4.78 is 106. The van der Waals surface area contributed by atoms with Gasteiger partial charge >= 0.3 is 12.1 Å². The van der Waals surface area contributed by atoms with Crippen molar-refractivity contribution in [1.29, 1.82) is 0 Å². The van der Waals surface area contributed by atoms with Crippen LogP contribution < -0.4 is 20.1 Å². The molecule has 0 aliphatic heterocycles. The molecule has 9 nitrogen and oxygen atoms in total. The molecular weight excluding hydrogens is 661 g/mol. The van der Waals surface area contributed by atoms with Gasteiger partial charge < -0.3 is 20.1 Å². The molecule has 0 unspecified atom stereocenters. The van der Waals surface area contributed by atoms with Crippen molar-refractivity contribution in [2.45, 2.75) is 76.4 Å². The Kier molecular flexibility index (Phi) is 16.2. The van der Waals surface area contributed by atoms with Crippen LogP contribution in [0, 0.1) is 11.6 Å². The molecule has 3 atom stereocenters. The highest BCUT2D eigenvalue weighted by Crippen LogP contribution is 2.22. The molecule has 0 spiro atoms. The van der Waals surface area contributed by atoms with Gasteiger partial charge in [0.15, 0.2) is 0 Å². The van der Waals surface area contributed by atoms with E-state index in [-0.39, 0.29) is 30.7 Å². The molecule has 0 saturated carbocycles. The second kappa shape index (κ2) is 19.2. The number of hydrogen-bond donors (Lipinski definition) is 3. The molecule has 0 radical (unpaired) electrons. The highest BCUT2D eigenvalue weighted by atomic mass is 32.2. The zero-order chi connectivity index (χ0) is 35.9. The number of sulfonamides is 1. The largest absolute Gasteiger partial charge is 0.497 e. The van der Waals surface area contributed by atoms with E-state index in [2.05, 4.69) is 28.5 Å². The van der Waals surface area contributed by atoms with Gasteiger partial charge in [-0.3, -0.25) is 4.79 Å². The van der Waals surface area contributed by atoms with Gasteiger partial charge in [-0.25, -0.2) is 26.7 Å². The lowest BCUT2D eigenvalue weighted by atomic mass is 9.99. The summed E-state index contributed by atoms with van der Waals surface area (Å²) in [6.07, 6.45) is -2.41. The van der Waals surface area contributed by atoms with E-state index < -0.39 is 70.9 Å². The first-order valence-corrected chi connectivity index (χ1v) is 16.9. The number of methoxy groups -OCH3 is 1. The van der Waals surface area contributed by atoms with Crippen LogP contribution in [-0.2, 0) is 43.7 Å². The number of esters is 1. The van der Waals surface area contributed by atoms with E-state index >= 15 is 0 Å². The summed E-state index contributed by atoms with van der Waals surface area (Å²) in [5, 5.41) is 5.42. The Labute approximate surface area is 278 Å². The molecule has 15 heteroatoms. The number of carbonyl (C=O) groups is 2. The zero-order valence-electron chi connectivity index (χ0n) is 26.9. The maximum Gasteiger partial charge on any atom is 0.490 e. The van der Waals surface area contributed by atoms with Crippen molar-refractivity contribution in [3.63, 3.8) is 0 Å². The van der Waals surface area contributed by atoms with Crippen LogP contribution in [0.4, 0.5) is 22.0 Å². The summed E-state index contributed by atoms with van der Waals surface area (Å²) in [5.41, 5.74) is 1.58. The molecule has 3 N–H and O–H groups in total. The van der Waals surface area contributed by atoms with Crippen molar-refractivity contribution in [3.05, 3.63) is 90.0 Å². The Morgan fingerprint density at radius 2 is 1.71 bits per heavy atom. The van der Waals surface area contributed by atoms with Gasteiger partial charge in [0.05, 0.1) is 18.9 Å². The van der Waals surface area contributed by atoms with E-state index in [4.69, 9.17) is 9.47 Å². The van der Waals surface area contributed by atoms with E-state index in [0.29, 0.717) is 18.2 Å². The molecule has 0 bridgehead atoms. The average molecular weight is 704 g/mol. The number of ether oxygens (including phenoxy) is 2. The van der Waals surface area contributed by atoms with Gasteiger partial charge in [-0.2, -0.15) is 13.2 Å². The molecule has 0 aliphatic carbocycles. The van der Waals surface area contributed by atoms with Crippen LogP contribution in [0.2, 0.25) is 0 Å². The number of amides is 1. The molecule has 2 aromatic rings. The lowest BCUT2D eigenvalue weighted by molar-refractivity contribution is -0.206. The molecule has 266 valence electrons. The minimum Gasteiger partial charge on any atom is -0.497 e. The Morgan fingerprint density at radius 1 is 1.02 bits per heavy atom. The van der Waals surface area contributed by atoms with Gasteiger partial charge in [0.25, 0.3) is 0 Å². The number of rotatable bonds is 21. The first-order chi connectivity index (χ1) is 22.6. The molecular formula is C33H42F5N3O6S. The minimum atomic E-state index is -5.41. The van der Waals surface area contributed by atoms with Crippen LogP contribution in [0.3, 0.4) is 0 Å². The highest BCUT2D eigenvalue weighted by Gasteiger charge is 2.44. The predicted octanol–water partition coefficient (Wildman–Crippen LogP) is 5.05. The summed E-state index contributed by atoms with van der Waals surface area (Å²) in [4.78, 5) is 25.5. The summed E-state index contributed by atoms with van der Waals surface area (Å²) in [6, 6.07) is 4.81. The number of hydrogen-bond acceptors (Lipinski definition) is 7. The van der Waals surface area contributed by atoms with E-state index in [1.165, 1.54) is 13.2 Å². The number of allylic oxidation sites excluding steroid dienone is 1. The minimum absolute atomic E-state index is 0.0741. The van der Waals surface area contributed by atoms with Crippen molar-refractivity contribution >= 4 is 21.9 Å². The van der Waals surface area contributed by atoms with Crippen LogP contribution >= 0.6 is 0 Å². The lowest BCUT2D eigenvalue weighted by Gasteiger charge is -2.30. The third-order valence-electron chi connectivity index (χ3n) is 7.09. The maximum absolute atomic E-state index is 14.1. The average Bonchev–Trinajstić information content (AvgIpc) is 2.99.